The van der Waals surface area contributed by atoms with E-state index in [9.17, 15) is 4.79 Å². The van der Waals surface area contributed by atoms with E-state index in [0.29, 0.717) is 25.0 Å². The van der Waals surface area contributed by atoms with Gasteiger partial charge in [0, 0.05) is 32.7 Å². The second kappa shape index (κ2) is 6.80. The molecular formula is C11H22N2O2. The summed E-state index contributed by atoms with van der Waals surface area (Å²) in [6.07, 6.45) is 2.81. The van der Waals surface area contributed by atoms with Crippen molar-refractivity contribution >= 4 is 5.91 Å². The van der Waals surface area contributed by atoms with Gasteiger partial charge in [0.25, 0.3) is 0 Å². The SMILES string of the molecule is COCC(C)CC(=O)N[C@H]1CCCNC1. The van der Waals surface area contributed by atoms with E-state index in [-0.39, 0.29) is 5.91 Å². The van der Waals surface area contributed by atoms with Crippen LogP contribution in [-0.4, -0.2) is 38.8 Å². The van der Waals surface area contributed by atoms with Gasteiger partial charge in [0.15, 0.2) is 0 Å². The standard InChI is InChI=1S/C11H22N2O2/c1-9(8-15-2)6-11(14)13-10-4-3-5-12-7-10/h9-10,12H,3-8H2,1-2H3,(H,13,14)/t9?,10-/m0/s1. The Balaban J connectivity index is 2.16. The highest BCUT2D eigenvalue weighted by Crippen LogP contribution is 2.05. The lowest BCUT2D eigenvalue weighted by Crippen LogP contribution is -2.46. The molecule has 0 aromatic rings. The molecular weight excluding hydrogens is 192 g/mol. The van der Waals surface area contributed by atoms with Crippen LogP contribution >= 0.6 is 0 Å². The summed E-state index contributed by atoms with van der Waals surface area (Å²) in [7, 11) is 1.67. The van der Waals surface area contributed by atoms with Gasteiger partial charge in [-0.15, -0.1) is 0 Å². The van der Waals surface area contributed by atoms with E-state index in [1.807, 2.05) is 6.92 Å². The van der Waals surface area contributed by atoms with Crippen molar-refractivity contribution in [3.05, 3.63) is 0 Å². The van der Waals surface area contributed by atoms with Crippen molar-refractivity contribution in [3.63, 3.8) is 0 Å². The number of nitrogens with one attached hydrogen (secondary N) is 2. The highest BCUT2D eigenvalue weighted by atomic mass is 16.5. The van der Waals surface area contributed by atoms with E-state index < -0.39 is 0 Å². The van der Waals surface area contributed by atoms with Crippen LogP contribution in [0.4, 0.5) is 0 Å². The van der Waals surface area contributed by atoms with Crippen LogP contribution in [0.1, 0.15) is 26.2 Å². The van der Waals surface area contributed by atoms with Gasteiger partial charge >= 0.3 is 0 Å². The molecule has 88 valence electrons. The second-order valence-electron chi connectivity index (χ2n) is 4.38. The summed E-state index contributed by atoms with van der Waals surface area (Å²) in [5, 5.41) is 6.33. The van der Waals surface area contributed by atoms with Gasteiger partial charge in [0.1, 0.15) is 0 Å². The van der Waals surface area contributed by atoms with Gasteiger partial charge in [0.2, 0.25) is 5.91 Å². The molecule has 0 bridgehead atoms. The molecule has 2 atom stereocenters. The highest BCUT2D eigenvalue weighted by Gasteiger charge is 2.16. The fourth-order valence-electron chi connectivity index (χ4n) is 1.92. The average molecular weight is 214 g/mol. The highest BCUT2D eigenvalue weighted by molar-refractivity contribution is 5.76. The first kappa shape index (κ1) is 12.5. The van der Waals surface area contributed by atoms with E-state index in [0.717, 1.165) is 25.9 Å². The Morgan fingerprint density at radius 3 is 3.07 bits per heavy atom. The smallest absolute Gasteiger partial charge is 0.220 e. The third-order valence-electron chi connectivity index (χ3n) is 2.65. The van der Waals surface area contributed by atoms with Crippen molar-refractivity contribution in [1.29, 1.82) is 0 Å². The monoisotopic (exact) mass is 214 g/mol. The van der Waals surface area contributed by atoms with Gasteiger partial charge in [-0.2, -0.15) is 0 Å². The lowest BCUT2D eigenvalue weighted by atomic mass is 10.1. The molecule has 0 aliphatic carbocycles. The topological polar surface area (TPSA) is 50.4 Å². The molecule has 4 nitrogen and oxygen atoms in total. The molecule has 0 spiro atoms. The van der Waals surface area contributed by atoms with E-state index >= 15 is 0 Å². The van der Waals surface area contributed by atoms with Crippen molar-refractivity contribution in [3.8, 4) is 0 Å². The van der Waals surface area contributed by atoms with Crippen LogP contribution in [0, 0.1) is 5.92 Å². The maximum absolute atomic E-state index is 11.6. The fraction of sp³-hybridized carbons (Fsp3) is 0.909. The van der Waals surface area contributed by atoms with Gasteiger partial charge < -0.3 is 15.4 Å². The third kappa shape index (κ3) is 5.14. The predicted octanol–water partition coefficient (Wildman–Crippen LogP) is 0.527. The summed E-state index contributed by atoms with van der Waals surface area (Å²) < 4.78 is 5.00. The Morgan fingerprint density at radius 1 is 1.67 bits per heavy atom. The molecule has 0 radical (unpaired) electrons. The summed E-state index contributed by atoms with van der Waals surface area (Å²) in [6.45, 7) is 4.66. The first-order chi connectivity index (χ1) is 7.22. The number of rotatable bonds is 5. The number of piperidine rings is 1. The molecule has 1 unspecified atom stereocenters. The number of amides is 1. The number of hydrogen-bond donors (Lipinski definition) is 2. The molecule has 0 aromatic heterocycles. The zero-order valence-corrected chi connectivity index (χ0v) is 9.71. The summed E-state index contributed by atoms with van der Waals surface area (Å²) >= 11 is 0. The summed E-state index contributed by atoms with van der Waals surface area (Å²) in [6, 6.07) is 0.320. The Labute approximate surface area is 91.8 Å². The molecule has 0 saturated carbocycles. The molecule has 1 amide bonds. The molecule has 0 aromatic carbocycles. The van der Waals surface area contributed by atoms with Crippen LogP contribution in [0.25, 0.3) is 0 Å². The maximum Gasteiger partial charge on any atom is 0.220 e. The lowest BCUT2D eigenvalue weighted by molar-refractivity contribution is -0.123. The van der Waals surface area contributed by atoms with Gasteiger partial charge in [-0.05, 0) is 25.3 Å². The molecule has 4 heteroatoms. The Hall–Kier alpha value is -0.610. The van der Waals surface area contributed by atoms with Gasteiger partial charge in [-0.3, -0.25) is 4.79 Å². The zero-order valence-electron chi connectivity index (χ0n) is 9.71. The minimum Gasteiger partial charge on any atom is -0.384 e. The number of methoxy groups -OCH3 is 1. The van der Waals surface area contributed by atoms with Crippen molar-refractivity contribution in [1.82, 2.24) is 10.6 Å². The Morgan fingerprint density at radius 2 is 2.47 bits per heavy atom. The number of carbonyl (C=O) groups excluding carboxylic acids is 1. The van der Waals surface area contributed by atoms with Crippen LogP contribution in [0.5, 0.6) is 0 Å². The van der Waals surface area contributed by atoms with Gasteiger partial charge in [-0.1, -0.05) is 6.92 Å². The predicted molar refractivity (Wildman–Crippen MR) is 59.7 cm³/mol. The number of carbonyl (C=O) groups is 1. The van der Waals surface area contributed by atoms with Crippen LogP contribution in [0.3, 0.4) is 0 Å². The maximum atomic E-state index is 11.6. The summed E-state index contributed by atoms with van der Waals surface area (Å²) in [5.74, 6) is 0.444. The number of ether oxygens (including phenoxy) is 1. The first-order valence-corrected chi connectivity index (χ1v) is 5.71. The van der Waals surface area contributed by atoms with Crippen molar-refractivity contribution in [2.75, 3.05) is 26.8 Å². The minimum atomic E-state index is 0.147. The normalized spacial score (nSPS) is 23.5. The molecule has 2 N–H and O–H groups in total. The third-order valence-corrected chi connectivity index (χ3v) is 2.65. The summed E-state index contributed by atoms with van der Waals surface area (Å²) in [5.41, 5.74) is 0. The van der Waals surface area contributed by atoms with E-state index in [1.54, 1.807) is 7.11 Å². The molecule has 1 aliphatic heterocycles. The minimum absolute atomic E-state index is 0.147. The van der Waals surface area contributed by atoms with Crippen molar-refractivity contribution in [2.45, 2.75) is 32.2 Å². The van der Waals surface area contributed by atoms with E-state index in [4.69, 9.17) is 4.74 Å². The average Bonchev–Trinajstić information content (AvgIpc) is 2.19. The van der Waals surface area contributed by atoms with Crippen molar-refractivity contribution in [2.24, 2.45) is 5.92 Å². The van der Waals surface area contributed by atoms with Crippen LogP contribution in [-0.2, 0) is 9.53 Å². The number of hydrogen-bond acceptors (Lipinski definition) is 3. The second-order valence-corrected chi connectivity index (χ2v) is 4.38. The quantitative estimate of drug-likeness (QED) is 0.702. The van der Waals surface area contributed by atoms with Gasteiger partial charge in [-0.25, -0.2) is 0 Å². The largest absolute Gasteiger partial charge is 0.384 e. The molecule has 15 heavy (non-hydrogen) atoms. The van der Waals surface area contributed by atoms with Crippen LogP contribution in [0.2, 0.25) is 0 Å². The lowest BCUT2D eigenvalue weighted by Gasteiger charge is -2.24. The van der Waals surface area contributed by atoms with E-state index in [2.05, 4.69) is 10.6 Å². The Bertz CT molecular complexity index is 191. The molecule has 1 heterocycles. The Kier molecular flexibility index (Phi) is 5.65. The molecule has 1 rings (SSSR count). The van der Waals surface area contributed by atoms with Crippen LogP contribution < -0.4 is 10.6 Å². The molecule has 1 fully saturated rings. The molecule has 1 aliphatic rings. The zero-order chi connectivity index (χ0) is 11.1. The van der Waals surface area contributed by atoms with Crippen molar-refractivity contribution < 1.29 is 9.53 Å². The molecule has 1 saturated heterocycles. The fourth-order valence-corrected chi connectivity index (χ4v) is 1.92. The van der Waals surface area contributed by atoms with E-state index in [1.165, 1.54) is 0 Å². The first-order valence-electron chi connectivity index (χ1n) is 5.71. The van der Waals surface area contributed by atoms with Gasteiger partial charge in [0.05, 0.1) is 0 Å². The summed E-state index contributed by atoms with van der Waals surface area (Å²) in [4.78, 5) is 11.6. The van der Waals surface area contributed by atoms with Crippen LogP contribution in [0.15, 0.2) is 0 Å².